The van der Waals surface area contributed by atoms with E-state index in [2.05, 4.69) is 25.1 Å². The van der Waals surface area contributed by atoms with Crippen LogP contribution in [0.15, 0.2) is 59.4 Å². The molecular weight excluding hydrogens is 274 g/mol. The van der Waals surface area contributed by atoms with Gasteiger partial charge in [-0.25, -0.2) is 0 Å². The molecule has 3 aromatic rings. The van der Waals surface area contributed by atoms with Crippen LogP contribution in [0.2, 0.25) is 0 Å². The molecule has 0 amide bonds. The zero-order valence-corrected chi connectivity index (χ0v) is 12.9. The average molecular weight is 293 g/mol. The van der Waals surface area contributed by atoms with E-state index in [1.807, 2.05) is 30.3 Å². The number of aromatic nitrogens is 1. The Morgan fingerprint density at radius 3 is 2.64 bits per heavy atom. The first kappa shape index (κ1) is 14.4. The van der Waals surface area contributed by atoms with Crippen molar-refractivity contribution in [3.63, 3.8) is 0 Å². The number of hydrogen-bond acceptors (Lipinski definition) is 2. The van der Waals surface area contributed by atoms with Crippen LogP contribution in [0.4, 0.5) is 0 Å². The normalized spacial score (nSPS) is 10.8. The molecule has 0 aliphatic rings. The van der Waals surface area contributed by atoms with Crippen LogP contribution < -0.4 is 10.3 Å². The van der Waals surface area contributed by atoms with Gasteiger partial charge >= 0.3 is 0 Å². The SMILES string of the molecule is CCCOc1cccc(-c2ccc3c(ccc(=O)n3C)c2)c1. The van der Waals surface area contributed by atoms with Crippen LogP contribution in [-0.2, 0) is 7.05 Å². The van der Waals surface area contributed by atoms with E-state index in [4.69, 9.17) is 4.74 Å². The first-order chi connectivity index (χ1) is 10.7. The van der Waals surface area contributed by atoms with Crippen molar-refractivity contribution in [2.45, 2.75) is 13.3 Å². The third-order valence-electron chi connectivity index (χ3n) is 3.77. The summed E-state index contributed by atoms with van der Waals surface area (Å²) in [5.74, 6) is 0.889. The molecule has 0 bridgehead atoms. The Labute approximate surface area is 129 Å². The fourth-order valence-electron chi connectivity index (χ4n) is 2.55. The Balaban J connectivity index is 2.03. The first-order valence-corrected chi connectivity index (χ1v) is 7.52. The molecule has 3 heteroatoms. The summed E-state index contributed by atoms with van der Waals surface area (Å²) >= 11 is 0. The van der Waals surface area contributed by atoms with Crippen LogP contribution in [0.5, 0.6) is 5.75 Å². The zero-order chi connectivity index (χ0) is 15.5. The molecule has 0 spiro atoms. The van der Waals surface area contributed by atoms with Crippen LogP contribution in [0, 0.1) is 0 Å². The fourth-order valence-corrected chi connectivity index (χ4v) is 2.55. The fraction of sp³-hybridized carbons (Fsp3) is 0.211. The van der Waals surface area contributed by atoms with Crippen LogP contribution in [0.3, 0.4) is 0 Å². The number of pyridine rings is 1. The van der Waals surface area contributed by atoms with Crippen molar-refractivity contribution in [1.29, 1.82) is 0 Å². The minimum absolute atomic E-state index is 0.00946. The van der Waals surface area contributed by atoms with Gasteiger partial charge in [0.05, 0.1) is 12.1 Å². The highest BCUT2D eigenvalue weighted by Gasteiger charge is 2.04. The van der Waals surface area contributed by atoms with E-state index >= 15 is 0 Å². The van der Waals surface area contributed by atoms with Gasteiger partial charge in [0.2, 0.25) is 0 Å². The van der Waals surface area contributed by atoms with E-state index in [-0.39, 0.29) is 5.56 Å². The van der Waals surface area contributed by atoms with E-state index in [1.54, 1.807) is 17.7 Å². The third-order valence-corrected chi connectivity index (χ3v) is 3.77. The topological polar surface area (TPSA) is 31.2 Å². The molecule has 112 valence electrons. The summed E-state index contributed by atoms with van der Waals surface area (Å²) in [6.45, 7) is 2.82. The molecule has 1 aromatic heterocycles. The largest absolute Gasteiger partial charge is 0.494 e. The summed E-state index contributed by atoms with van der Waals surface area (Å²) in [7, 11) is 1.80. The Hall–Kier alpha value is -2.55. The molecule has 0 saturated carbocycles. The predicted octanol–water partition coefficient (Wildman–Crippen LogP) is 3.99. The number of fused-ring (bicyclic) bond motifs is 1. The number of benzene rings is 2. The van der Waals surface area contributed by atoms with Gasteiger partial charge in [-0.1, -0.05) is 25.1 Å². The quantitative estimate of drug-likeness (QED) is 0.728. The van der Waals surface area contributed by atoms with E-state index in [0.29, 0.717) is 0 Å². The zero-order valence-electron chi connectivity index (χ0n) is 12.9. The number of aryl methyl sites for hydroxylation is 1. The van der Waals surface area contributed by atoms with Gasteiger partial charge in [0.25, 0.3) is 5.56 Å². The van der Waals surface area contributed by atoms with Crippen LogP contribution >= 0.6 is 0 Å². The highest BCUT2D eigenvalue weighted by Crippen LogP contribution is 2.26. The van der Waals surface area contributed by atoms with Gasteiger partial charge in [0.15, 0.2) is 0 Å². The van der Waals surface area contributed by atoms with Gasteiger partial charge in [-0.3, -0.25) is 4.79 Å². The molecule has 0 aliphatic carbocycles. The highest BCUT2D eigenvalue weighted by molar-refractivity contribution is 5.84. The summed E-state index contributed by atoms with van der Waals surface area (Å²) in [5, 5.41) is 1.06. The predicted molar refractivity (Wildman–Crippen MR) is 90.4 cm³/mol. The number of ether oxygens (including phenoxy) is 1. The smallest absolute Gasteiger partial charge is 0.250 e. The van der Waals surface area contributed by atoms with Gasteiger partial charge in [-0.2, -0.15) is 0 Å². The molecule has 0 unspecified atom stereocenters. The van der Waals surface area contributed by atoms with Gasteiger partial charge in [0, 0.05) is 13.1 Å². The molecule has 2 aromatic carbocycles. The number of hydrogen-bond donors (Lipinski definition) is 0. The van der Waals surface area contributed by atoms with Crippen molar-refractivity contribution in [3.8, 4) is 16.9 Å². The summed E-state index contributed by atoms with van der Waals surface area (Å²) in [5.41, 5.74) is 3.18. The van der Waals surface area contributed by atoms with Crippen molar-refractivity contribution in [1.82, 2.24) is 4.57 Å². The van der Waals surface area contributed by atoms with Crippen molar-refractivity contribution in [2.24, 2.45) is 7.05 Å². The highest BCUT2D eigenvalue weighted by atomic mass is 16.5. The summed E-state index contributed by atoms with van der Waals surface area (Å²) in [4.78, 5) is 11.7. The second-order valence-corrected chi connectivity index (χ2v) is 5.38. The lowest BCUT2D eigenvalue weighted by Crippen LogP contribution is -2.14. The van der Waals surface area contributed by atoms with Crippen molar-refractivity contribution in [2.75, 3.05) is 6.61 Å². The molecule has 3 nitrogen and oxygen atoms in total. The molecule has 1 heterocycles. The van der Waals surface area contributed by atoms with Gasteiger partial charge in [0.1, 0.15) is 5.75 Å². The Morgan fingerprint density at radius 2 is 1.82 bits per heavy atom. The monoisotopic (exact) mass is 293 g/mol. The average Bonchev–Trinajstić information content (AvgIpc) is 2.56. The Bertz CT molecular complexity index is 865. The summed E-state index contributed by atoms with van der Waals surface area (Å²) in [6.07, 6.45) is 0.994. The van der Waals surface area contributed by atoms with E-state index in [9.17, 15) is 4.79 Å². The van der Waals surface area contributed by atoms with Crippen molar-refractivity contribution in [3.05, 3.63) is 65.0 Å². The summed E-state index contributed by atoms with van der Waals surface area (Å²) in [6, 6.07) is 17.7. The van der Waals surface area contributed by atoms with Crippen LogP contribution in [0.1, 0.15) is 13.3 Å². The van der Waals surface area contributed by atoms with Crippen LogP contribution in [-0.4, -0.2) is 11.2 Å². The van der Waals surface area contributed by atoms with E-state index < -0.39 is 0 Å². The molecule has 0 fully saturated rings. The summed E-state index contributed by atoms with van der Waals surface area (Å²) < 4.78 is 7.36. The first-order valence-electron chi connectivity index (χ1n) is 7.52. The van der Waals surface area contributed by atoms with E-state index in [1.165, 1.54) is 0 Å². The molecule has 0 N–H and O–H groups in total. The van der Waals surface area contributed by atoms with Gasteiger partial charge in [-0.15, -0.1) is 0 Å². The van der Waals surface area contributed by atoms with Crippen LogP contribution in [0.25, 0.3) is 22.0 Å². The Kier molecular flexibility index (Phi) is 3.96. The lowest BCUT2D eigenvalue weighted by atomic mass is 10.0. The maximum atomic E-state index is 11.7. The minimum atomic E-state index is 0.00946. The Morgan fingerprint density at radius 1 is 1.00 bits per heavy atom. The van der Waals surface area contributed by atoms with Crippen molar-refractivity contribution >= 4 is 10.9 Å². The molecule has 0 atom stereocenters. The number of rotatable bonds is 4. The molecule has 3 rings (SSSR count). The standard InChI is InChI=1S/C19H19NO2/c1-3-11-22-17-6-4-5-14(13-17)15-7-9-18-16(12-15)8-10-19(21)20(18)2/h4-10,12-13H,3,11H2,1-2H3. The molecule has 22 heavy (non-hydrogen) atoms. The minimum Gasteiger partial charge on any atom is -0.494 e. The molecule has 0 saturated heterocycles. The maximum Gasteiger partial charge on any atom is 0.250 e. The lowest BCUT2D eigenvalue weighted by molar-refractivity contribution is 0.317. The van der Waals surface area contributed by atoms with E-state index in [0.717, 1.165) is 40.8 Å². The van der Waals surface area contributed by atoms with Gasteiger partial charge in [-0.05, 0) is 53.3 Å². The lowest BCUT2D eigenvalue weighted by Gasteiger charge is -2.09. The van der Waals surface area contributed by atoms with Crippen molar-refractivity contribution < 1.29 is 4.74 Å². The van der Waals surface area contributed by atoms with Gasteiger partial charge < -0.3 is 9.30 Å². The molecule has 0 radical (unpaired) electrons. The second kappa shape index (κ2) is 6.06. The second-order valence-electron chi connectivity index (χ2n) is 5.38. The molecular formula is C19H19NO2. The maximum absolute atomic E-state index is 11.7. The number of nitrogens with zero attached hydrogens (tertiary/aromatic N) is 1. The third kappa shape index (κ3) is 2.75. The molecule has 0 aliphatic heterocycles.